The van der Waals surface area contributed by atoms with Gasteiger partial charge in [-0.1, -0.05) is 23.4 Å². The molecule has 32 heavy (non-hydrogen) atoms. The van der Waals surface area contributed by atoms with Crippen molar-refractivity contribution in [3.05, 3.63) is 40.9 Å². The third kappa shape index (κ3) is 5.18. The summed E-state index contributed by atoms with van der Waals surface area (Å²) in [4.78, 5) is 20.9. The summed E-state index contributed by atoms with van der Waals surface area (Å²) in [6, 6.07) is 1.90. The topological polar surface area (TPSA) is 63.5 Å². The summed E-state index contributed by atoms with van der Waals surface area (Å²) >= 11 is 6.23. The highest BCUT2D eigenvalue weighted by molar-refractivity contribution is 6.29. The first-order valence-corrected chi connectivity index (χ1v) is 11.4. The van der Waals surface area contributed by atoms with E-state index in [1.165, 1.54) is 0 Å². The normalized spacial score (nSPS) is 17.9. The van der Waals surface area contributed by atoms with Crippen LogP contribution in [0.5, 0.6) is 0 Å². The third-order valence-electron chi connectivity index (χ3n) is 6.15. The minimum Gasteiger partial charge on any atom is -0.444 e. The van der Waals surface area contributed by atoms with E-state index in [-0.39, 0.29) is 11.5 Å². The first kappa shape index (κ1) is 22.5. The van der Waals surface area contributed by atoms with Crippen LogP contribution in [0.2, 0.25) is 5.15 Å². The van der Waals surface area contributed by atoms with E-state index >= 15 is 0 Å². The van der Waals surface area contributed by atoms with Crippen LogP contribution in [0, 0.1) is 17.3 Å². The summed E-state index contributed by atoms with van der Waals surface area (Å²) in [6.07, 6.45) is 8.22. The Kier molecular flexibility index (Phi) is 6.09. The highest BCUT2D eigenvalue weighted by Gasteiger charge is 2.43. The van der Waals surface area contributed by atoms with E-state index in [1.54, 1.807) is 17.1 Å². The Morgan fingerprint density at radius 2 is 1.88 bits per heavy atom. The zero-order valence-corrected chi connectivity index (χ0v) is 19.9. The highest BCUT2D eigenvalue weighted by Crippen LogP contribution is 2.42. The van der Waals surface area contributed by atoms with Crippen molar-refractivity contribution in [1.29, 1.82) is 0 Å². The van der Waals surface area contributed by atoms with Gasteiger partial charge in [0.2, 0.25) is 0 Å². The number of ether oxygens (including phenoxy) is 1. The lowest BCUT2D eigenvalue weighted by atomic mass is 9.77. The summed E-state index contributed by atoms with van der Waals surface area (Å²) in [6.45, 7) is 9.03. The zero-order chi connectivity index (χ0) is 22.9. The predicted octanol–water partition coefficient (Wildman–Crippen LogP) is 4.10. The number of rotatable bonds is 1. The number of halogens is 1. The van der Waals surface area contributed by atoms with E-state index in [0.717, 1.165) is 62.3 Å². The van der Waals surface area contributed by atoms with Crippen molar-refractivity contribution < 1.29 is 9.53 Å². The number of aromatic nitrogens is 3. The second kappa shape index (κ2) is 8.67. The van der Waals surface area contributed by atoms with Crippen LogP contribution in [0.25, 0.3) is 0 Å². The summed E-state index contributed by atoms with van der Waals surface area (Å²) in [5, 5.41) is 4.63. The Morgan fingerprint density at radius 3 is 2.53 bits per heavy atom. The highest BCUT2D eigenvalue weighted by atomic mass is 35.5. The molecule has 170 valence electrons. The number of carbonyl (C=O) groups excluding carboxylic acids is 1. The van der Waals surface area contributed by atoms with Gasteiger partial charge in [0.25, 0.3) is 0 Å². The average molecular weight is 456 g/mol. The van der Waals surface area contributed by atoms with Gasteiger partial charge in [0, 0.05) is 51.7 Å². The molecule has 0 atom stereocenters. The van der Waals surface area contributed by atoms with E-state index in [2.05, 4.69) is 26.8 Å². The van der Waals surface area contributed by atoms with Crippen LogP contribution in [0.4, 0.5) is 10.5 Å². The minimum atomic E-state index is -0.468. The molecule has 0 unspecified atom stereocenters. The molecule has 2 aliphatic rings. The monoisotopic (exact) mass is 455 g/mol. The molecule has 2 fully saturated rings. The largest absolute Gasteiger partial charge is 0.444 e. The van der Waals surface area contributed by atoms with E-state index < -0.39 is 5.60 Å². The third-order valence-corrected chi connectivity index (χ3v) is 6.36. The van der Waals surface area contributed by atoms with Crippen molar-refractivity contribution in [3.63, 3.8) is 0 Å². The fourth-order valence-electron chi connectivity index (χ4n) is 4.45. The lowest BCUT2D eigenvalue weighted by Gasteiger charge is -2.40. The number of anilines is 1. The molecule has 0 aliphatic carbocycles. The van der Waals surface area contributed by atoms with Gasteiger partial charge in [0.1, 0.15) is 10.8 Å². The van der Waals surface area contributed by atoms with Gasteiger partial charge in [0.15, 0.2) is 0 Å². The van der Waals surface area contributed by atoms with Crippen LogP contribution in [-0.2, 0) is 11.8 Å². The molecule has 1 amide bonds. The summed E-state index contributed by atoms with van der Waals surface area (Å²) in [5.74, 6) is 6.40. The number of pyridine rings is 1. The summed E-state index contributed by atoms with van der Waals surface area (Å²) in [7, 11) is 1.87. The van der Waals surface area contributed by atoms with E-state index in [4.69, 9.17) is 16.3 Å². The zero-order valence-electron chi connectivity index (χ0n) is 19.2. The number of hydrogen-bond donors (Lipinski definition) is 0. The van der Waals surface area contributed by atoms with Crippen LogP contribution in [-0.4, -0.2) is 57.5 Å². The molecule has 8 heteroatoms. The van der Waals surface area contributed by atoms with Crippen molar-refractivity contribution in [3.8, 4) is 11.8 Å². The second-order valence-electron chi connectivity index (χ2n) is 9.82. The van der Waals surface area contributed by atoms with Crippen LogP contribution < -0.4 is 4.90 Å². The Labute approximate surface area is 194 Å². The molecule has 0 saturated carbocycles. The molecular formula is C24H30ClN5O2. The first-order chi connectivity index (χ1) is 15.1. The molecule has 0 N–H and O–H groups in total. The van der Waals surface area contributed by atoms with E-state index in [9.17, 15) is 4.79 Å². The number of hydrogen-bond acceptors (Lipinski definition) is 5. The van der Waals surface area contributed by atoms with Crippen LogP contribution in [0.15, 0.2) is 24.7 Å². The average Bonchev–Trinajstić information content (AvgIpc) is 3.33. The molecule has 1 spiro atoms. The number of carbonyl (C=O) groups is 1. The number of aryl methyl sites for hydroxylation is 1. The van der Waals surface area contributed by atoms with Gasteiger partial charge in [0.05, 0.1) is 23.0 Å². The molecule has 0 bridgehead atoms. The Morgan fingerprint density at radius 1 is 1.16 bits per heavy atom. The van der Waals surface area contributed by atoms with Crippen LogP contribution in [0.3, 0.4) is 0 Å². The van der Waals surface area contributed by atoms with E-state index in [0.29, 0.717) is 5.15 Å². The maximum Gasteiger partial charge on any atom is 0.410 e. The van der Waals surface area contributed by atoms with Crippen molar-refractivity contribution in [2.45, 2.75) is 45.6 Å². The van der Waals surface area contributed by atoms with E-state index in [1.807, 2.05) is 45.0 Å². The lowest BCUT2D eigenvalue weighted by molar-refractivity contribution is 0.0266. The number of nitrogens with zero attached hydrogens (tertiary/aromatic N) is 5. The van der Waals surface area contributed by atoms with Gasteiger partial charge in [-0.05, 0) is 45.4 Å². The quantitative estimate of drug-likeness (QED) is 0.478. The van der Waals surface area contributed by atoms with Gasteiger partial charge in [-0.3, -0.25) is 4.68 Å². The van der Waals surface area contributed by atoms with Gasteiger partial charge in [-0.25, -0.2) is 9.78 Å². The maximum atomic E-state index is 12.5. The number of likely N-dealkylation sites (tertiary alicyclic amines) is 1. The van der Waals surface area contributed by atoms with Crippen LogP contribution in [0.1, 0.15) is 51.2 Å². The number of piperidine rings is 1. The molecule has 7 nitrogen and oxygen atoms in total. The summed E-state index contributed by atoms with van der Waals surface area (Å²) in [5.41, 5.74) is 2.42. The Balaban J connectivity index is 1.44. The van der Waals surface area contributed by atoms with Crippen molar-refractivity contribution in [2.24, 2.45) is 12.5 Å². The molecule has 2 aromatic rings. The fourth-order valence-corrected chi connectivity index (χ4v) is 4.60. The molecule has 4 rings (SSSR count). The lowest BCUT2D eigenvalue weighted by Crippen LogP contribution is -2.43. The molecule has 0 aromatic carbocycles. The molecule has 4 heterocycles. The fraction of sp³-hybridized carbons (Fsp3) is 0.542. The molecule has 2 aliphatic heterocycles. The van der Waals surface area contributed by atoms with Gasteiger partial charge in [-0.2, -0.15) is 5.10 Å². The molecular weight excluding hydrogens is 426 g/mol. The van der Waals surface area contributed by atoms with Gasteiger partial charge < -0.3 is 14.5 Å². The molecule has 2 aromatic heterocycles. The first-order valence-electron chi connectivity index (χ1n) is 11.0. The standard InChI is InChI=1S/C24H30ClN5O2/c1-23(2,3)32-22(31)30-12-9-24(17-30)7-10-29(11-8-24)20-13-21(25)26-15-19(20)6-5-18-14-27-28(4)16-18/h13-16H,7-12,17H2,1-4H3. The van der Waals surface area contributed by atoms with Crippen LogP contribution >= 0.6 is 11.6 Å². The summed E-state index contributed by atoms with van der Waals surface area (Å²) < 4.78 is 7.31. The smallest absolute Gasteiger partial charge is 0.410 e. The molecule has 0 radical (unpaired) electrons. The SMILES string of the molecule is Cn1cc(C#Cc2cnc(Cl)cc2N2CCC3(CCN(C(=O)OC(C)(C)C)C3)CC2)cn1. The van der Waals surface area contributed by atoms with Crippen molar-refractivity contribution >= 4 is 23.4 Å². The predicted molar refractivity (Wildman–Crippen MR) is 125 cm³/mol. The maximum absolute atomic E-state index is 12.5. The van der Waals surface area contributed by atoms with Gasteiger partial charge in [-0.15, -0.1) is 0 Å². The second-order valence-corrected chi connectivity index (χ2v) is 10.2. The minimum absolute atomic E-state index is 0.159. The van der Waals surface area contributed by atoms with Crippen molar-refractivity contribution in [1.82, 2.24) is 19.7 Å². The number of amides is 1. The Hall–Kier alpha value is -2.72. The molecule has 2 saturated heterocycles. The Bertz CT molecular complexity index is 1050. The van der Waals surface area contributed by atoms with Gasteiger partial charge >= 0.3 is 6.09 Å². The van der Waals surface area contributed by atoms with Crippen molar-refractivity contribution in [2.75, 3.05) is 31.1 Å².